The van der Waals surface area contributed by atoms with Crippen molar-refractivity contribution in [2.24, 2.45) is 7.05 Å². The zero-order valence-electron chi connectivity index (χ0n) is 15.7. The van der Waals surface area contributed by atoms with Gasteiger partial charge in [-0.2, -0.15) is 4.80 Å². The molecule has 0 bridgehead atoms. The Morgan fingerprint density at radius 3 is 2.68 bits per heavy atom. The minimum Gasteiger partial charge on any atom is -0.369 e. The molecule has 2 aliphatic heterocycles. The molecule has 5 rings (SSSR count). The normalized spacial score (nSPS) is 18.2. The molecule has 0 saturated carbocycles. The molecule has 0 unspecified atom stereocenters. The van der Waals surface area contributed by atoms with Crippen molar-refractivity contribution in [3.63, 3.8) is 0 Å². The van der Waals surface area contributed by atoms with Crippen molar-refractivity contribution in [1.82, 2.24) is 25.1 Å². The first-order chi connectivity index (χ1) is 13.6. The van der Waals surface area contributed by atoms with Crippen molar-refractivity contribution in [2.45, 2.75) is 24.9 Å². The summed E-state index contributed by atoms with van der Waals surface area (Å²) in [5.41, 5.74) is 2.76. The van der Waals surface area contributed by atoms with Crippen molar-refractivity contribution in [2.75, 3.05) is 19.7 Å². The van der Waals surface area contributed by atoms with Crippen LogP contribution in [-0.2, 0) is 23.8 Å². The quantitative estimate of drug-likeness (QED) is 0.667. The Bertz CT molecular complexity index is 1000. The van der Waals surface area contributed by atoms with Crippen LogP contribution in [0.2, 0.25) is 0 Å². The van der Waals surface area contributed by atoms with E-state index in [1.807, 2.05) is 29.2 Å². The Kier molecular flexibility index (Phi) is 4.25. The van der Waals surface area contributed by atoms with Crippen LogP contribution in [0, 0.1) is 0 Å². The number of ether oxygens (including phenoxy) is 1. The molecule has 1 fully saturated rings. The van der Waals surface area contributed by atoms with Gasteiger partial charge in [-0.05, 0) is 53.6 Å². The predicted octanol–water partition coefficient (Wildman–Crippen LogP) is 2.64. The van der Waals surface area contributed by atoms with Gasteiger partial charge in [-0.15, -0.1) is 21.5 Å². The SMILES string of the molecule is Cn1nnc(-c2ccc(C(=O)N3CCC4(CC3)OCCc3ccsc34)cc2)n1. The van der Waals surface area contributed by atoms with Crippen LogP contribution < -0.4 is 0 Å². The van der Waals surface area contributed by atoms with Gasteiger partial charge >= 0.3 is 0 Å². The van der Waals surface area contributed by atoms with Crippen LogP contribution in [0.4, 0.5) is 0 Å². The molecule has 3 aromatic rings. The van der Waals surface area contributed by atoms with E-state index in [0.717, 1.165) is 31.4 Å². The number of nitrogens with zero attached hydrogens (tertiary/aromatic N) is 5. The van der Waals surface area contributed by atoms with Gasteiger partial charge in [0.25, 0.3) is 5.91 Å². The van der Waals surface area contributed by atoms with Crippen LogP contribution >= 0.6 is 11.3 Å². The number of carbonyl (C=O) groups is 1. The maximum Gasteiger partial charge on any atom is 0.253 e. The minimum atomic E-state index is -0.194. The summed E-state index contributed by atoms with van der Waals surface area (Å²) in [6.45, 7) is 2.20. The van der Waals surface area contributed by atoms with E-state index in [-0.39, 0.29) is 11.5 Å². The average Bonchev–Trinajstić information content (AvgIpc) is 3.38. The number of hydrogen-bond donors (Lipinski definition) is 0. The van der Waals surface area contributed by atoms with E-state index in [1.54, 1.807) is 18.4 Å². The maximum atomic E-state index is 13.0. The lowest BCUT2D eigenvalue weighted by molar-refractivity contribution is -0.0906. The Labute approximate surface area is 166 Å². The molecule has 2 aromatic heterocycles. The third-order valence-electron chi connectivity index (χ3n) is 5.67. The van der Waals surface area contributed by atoms with Gasteiger partial charge in [0, 0.05) is 29.1 Å². The smallest absolute Gasteiger partial charge is 0.253 e. The van der Waals surface area contributed by atoms with E-state index in [0.29, 0.717) is 24.5 Å². The van der Waals surface area contributed by atoms with Crippen LogP contribution in [0.25, 0.3) is 11.4 Å². The fourth-order valence-electron chi connectivity index (χ4n) is 4.14. The third kappa shape index (κ3) is 2.93. The number of likely N-dealkylation sites (tertiary alicyclic amines) is 1. The van der Waals surface area contributed by atoms with Crippen LogP contribution in [-0.4, -0.2) is 50.7 Å². The number of rotatable bonds is 2. The second kappa shape index (κ2) is 6.79. The molecule has 1 aromatic carbocycles. The van der Waals surface area contributed by atoms with Crippen molar-refractivity contribution in [3.8, 4) is 11.4 Å². The number of aromatic nitrogens is 4. The Hall–Kier alpha value is -2.58. The van der Waals surface area contributed by atoms with Crippen molar-refractivity contribution in [3.05, 3.63) is 51.7 Å². The molecular formula is C20H21N5O2S. The fourth-order valence-corrected chi connectivity index (χ4v) is 5.31. The number of aryl methyl sites for hydroxylation is 1. The molecule has 28 heavy (non-hydrogen) atoms. The Morgan fingerprint density at radius 1 is 1.18 bits per heavy atom. The molecule has 7 nitrogen and oxygen atoms in total. The highest BCUT2D eigenvalue weighted by molar-refractivity contribution is 7.10. The van der Waals surface area contributed by atoms with E-state index >= 15 is 0 Å². The van der Waals surface area contributed by atoms with Gasteiger partial charge < -0.3 is 9.64 Å². The van der Waals surface area contributed by atoms with Crippen LogP contribution in [0.1, 0.15) is 33.6 Å². The number of piperidine rings is 1. The zero-order valence-corrected chi connectivity index (χ0v) is 16.5. The molecule has 1 amide bonds. The largest absolute Gasteiger partial charge is 0.369 e. The molecule has 144 valence electrons. The number of thiophene rings is 1. The lowest BCUT2D eigenvalue weighted by Crippen LogP contribution is -2.47. The number of fused-ring (bicyclic) bond motifs is 2. The zero-order chi connectivity index (χ0) is 19.1. The summed E-state index contributed by atoms with van der Waals surface area (Å²) in [6, 6.07) is 9.64. The topological polar surface area (TPSA) is 73.1 Å². The minimum absolute atomic E-state index is 0.0655. The summed E-state index contributed by atoms with van der Waals surface area (Å²) < 4.78 is 6.24. The van der Waals surface area contributed by atoms with Gasteiger partial charge in [-0.25, -0.2) is 0 Å². The van der Waals surface area contributed by atoms with Crippen LogP contribution in [0.3, 0.4) is 0 Å². The molecule has 0 radical (unpaired) electrons. The second-order valence-corrected chi connectivity index (χ2v) is 8.26. The Balaban J connectivity index is 1.29. The van der Waals surface area contributed by atoms with Crippen LogP contribution in [0.5, 0.6) is 0 Å². The molecule has 0 N–H and O–H groups in total. The molecule has 2 aliphatic rings. The van der Waals surface area contributed by atoms with Crippen molar-refractivity contribution in [1.29, 1.82) is 0 Å². The number of benzene rings is 1. The first-order valence-corrected chi connectivity index (χ1v) is 10.4. The van der Waals surface area contributed by atoms with Gasteiger partial charge in [0.1, 0.15) is 5.60 Å². The molecule has 1 spiro atoms. The lowest BCUT2D eigenvalue weighted by Gasteiger charge is -2.43. The molecular weight excluding hydrogens is 374 g/mol. The molecule has 0 atom stereocenters. The van der Waals surface area contributed by atoms with Crippen molar-refractivity contribution >= 4 is 17.2 Å². The van der Waals surface area contributed by atoms with Gasteiger partial charge in [0.2, 0.25) is 5.82 Å². The maximum absolute atomic E-state index is 13.0. The average molecular weight is 395 g/mol. The molecule has 4 heterocycles. The van der Waals surface area contributed by atoms with Gasteiger partial charge in [0.05, 0.1) is 13.7 Å². The first kappa shape index (κ1) is 17.5. The molecule has 0 aliphatic carbocycles. The third-order valence-corrected chi connectivity index (χ3v) is 6.81. The summed E-state index contributed by atoms with van der Waals surface area (Å²) in [5, 5.41) is 14.2. The number of tetrazole rings is 1. The summed E-state index contributed by atoms with van der Waals surface area (Å²) in [6.07, 6.45) is 2.71. The van der Waals surface area contributed by atoms with Gasteiger partial charge in [-0.1, -0.05) is 12.1 Å². The molecule has 1 saturated heterocycles. The summed E-state index contributed by atoms with van der Waals surface area (Å²) in [5.74, 6) is 0.623. The predicted molar refractivity (Wildman–Crippen MR) is 105 cm³/mol. The fraction of sp³-hybridized carbons (Fsp3) is 0.400. The number of carbonyl (C=O) groups excluding carboxylic acids is 1. The lowest BCUT2D eigenvalue weighted by atomic mass is 9.85. The first-order valence-electron chi connectivity index (χ1n) is 9.49. The summed E-state index contributed by atoms with van der Waals surface area (Å²) >= 11 is 1.79. The van der Waals surface area contributed by atoms with E-state index < -0.39 is 0 Å². The number of hydrogen-bond acceptors (Lipinski definition) is 6. The number of amides is 1. The van der Waals surface area contributed by atoms with E-state index in [9.17, 15) is 4.79 Å². The van der Waals surface area contributed by atoms with E-state index in [4.69, 9.17) is 4.74 Å². The van der Waals surface area contributed by atoms with Crippen LogP contribution in [0.15, 0.2) is 35.7 Å². The highest BCUT2D eigenvalue weighted by Crippen LogP contribution is 2.44. The summed E-state index contributed by atoms with van der Waals surface area (Å²) in [7, 11) is 1.73. The summed E-state index contributed by atoms with van der Waals surface area (Å²) in [4.78, 5) is 17.7. The Morgan fingerprint density at radius 2 is 1.96 bits per heavy atom. The van der Waals surface area contributed by atoms with E-state index in [2.05, 4.69) is 26.9 Å². The van der Waals surface area contributed by atoms with E-state index in [1.165, 1.54) is 15.2 Å². The van der Waals surface area contributed by atoms with Crippen molar-refractivity contribution < 1.29 is 9.53 Å². The highest BCUT2D eigenvalue weighted by Gasteiger charge is 2.42. The standard InChI is InChI=1S/C20H21N5O2S/c1-24-22-18(21-23-24)15-2-4-16(5-3-15)19(26)25-10-8-20(9-11-25)17-14(6-12-27-20)7-13-28-17/h2-5,7,13H,6,8-12H2,1H3. The second-order valence-electron chi connectivity index (χ2n) is 7.34. The van der Waals surface area contributed by atoms with Gasteiger partial charge in [-0.3, -0.25) is 4.79 Å². The van der Waals surface area contributed by atoms with Gasteiger partial charge in [0.15, 0.2) is 0 Å². The highest BCUT2D eigenvalue weighted by atomic mass is 32.1. The molecule has 8 heteroatoms. The monoisotopic (exact) mass is 395 g/mol.